The Balaban J connectivity index is 1.93. The number of carbonyl (C=O) groups is 1. The van der Waals surface area contributed by atoms with Crippen molar-refractivity contribution in [3.8, 4) is 0 Å². The van der Waals surface area contributed by atoms with Crippen LogP contribution in [0.15, 0.2) is 12.5 Å². The first-order valence-corrected chi connectivity index (χ1v) is 7.34. The summed E-state index contributed by atoms with van der Waals surface area (Å²) in [5.74, 6) is 0.761. The van der Waals surface area contributed by atoms with Crippen LogP contribution in [0, 0.1) is 5.92 Å². The van der Waals surface area contributed by atoms with E-state index < -0.39 is 5.60 Å². The van der Waals surface area contributed by atoms with Crippen LogP contribution in [0.2, 0.25) is 0 Å². The van der Waals surface area contributed by atoms with E-state index in [0.29, 0.717) is 0 Å². The zero-order valence-electron chi connectivity index (χ0n) is 12.8. The van der Waals surface area contributed by atoms with Gasteiger partial charge in [0, 0.05) is 6.54 Å². The minimum Gasteiger partial charge on any atom is -0.444 e. The molecule has 5 nitrogen and oxygen atoms in total. The molecule has 1 saturated carbocycles. The minimum atomic E-state index is -0.476. The van der Waals surface area contributed by atoms with Gasteiger partial charge < -0.3 is 14.6 Å². The van der Waals surface area contributed by atoms with E-state index >= 15 is 0 Å². The van der Waals surface area contributed by atoms with Crippen LogP contribution >= 0.6 is 0 Å². The van der Waals surface area contributed by atoms with E-state index in [1.807, 2.05) is 40.2 Å². The van der Waals surface area contributed by atoms with Crippen molar-refractivity contribution >= 4 is 6.09 Å². The van der Waals surface area contributed by atoms with Gasteiger partial charge in [0.1, 0.15) is 5.60 Å². The Morgan fingerprint density at radius 2 is 2.25 bits per heavy atom. The number of ether oxygens (including phenoxy) is 1. The zero-order chi connectivity index (χ0) is 14.8. The second-order valence-electron chi connectivity index (χ2n) is 6.64. The summed E-state index contributed by atoms with van der Waals surface area (Å²) in [6, 6.07) is -0.104. The zero-order valence-corrected chi connectivity index (χ0v) is 12.8. The van der Waals surface area contributed by atoms with Crippen LogP contribution in [0.25, 0.3) is 0 Å². The van der Waals surface area contributed by atoms with Gasteiger partial charge in [0.15, 0.2) is 0 Å². The Labute approximate surface area is 120 Å². The Kier molecular flexibility index (Phi) is 4.35. The molecule has 0 unspecified atom stereocenters. The second-order valence-corrected chi connectivity index (χ2v) is 6.64. The maximum Gasteiger partial charge on any atom is 0.408 e. The van der Waals surface area contributed by atoms with E-state index in [1.165, 1.54) is 19.3 Å². The van der Waals surface area contributed by atoms with E-state index in [-0.39, 0.29) is 12.1 Å². The van der Waals surface area contributed by atoms with Crippen molar-refractivity contribution in [2.24, 2.45) is 5.92 Å². The first-order chi connectivity index (χ1) is 9.35. The number of rotatable bonds is 4. The highest BCUT2D eigenvalue weighted by atomic mass is 16.6. The van der Waals surface area contributed by atoms with Gasteiger partial charge in [-0.25, -0.2) is 9.78 Å². The lowest BCUT2D eigenvalue weighted by Gasteiger charge is -2.27. The Morgan fingerprint density at radius 1 is 1.55 bits per heavy atom. The van der Waals surface area contributed by atoms with Crippen LogP contribution in [0.1, 0.15) is 58.7 Å². The summed E-state index contributed by atoms with van der Waals surface area (Å²) < 4.78 is 7.42. The van der Waals surface area contributed by atoms with Gasteiger partial charge in [0.2, 0.25) is 0 Å². The topological polar surface area (TPSA) is 56.1 Å². The summed E-state index contributed by atoms with van der Waals surface area (Å²) in [6.07, 6.45) is 7.21. The molecule has 0 aliphatic heterocycles. The predicted octanol–water partition coefficient (Wildman–Crippen LogP) is 3.27. The molecule has 1 amide bonds. The smallest absolute Gasteiger partial charge is 0.408 e. The number of imidazole rings is 1. The van der Waals surface area contributed by atoms with Crippen molar-refractivity contribution in [3.63, 3.8) is 0 Å². The van der Waals surface area contributed by atoms with Crippen molar-refractivity contribution < 1.29 is 9.53 Å². The number of alkyl carbamates (subject to hydrolysis) is 1. The highest BCUT2D eigenvalue weighted by molar-refractivity contribution is 5.68. The molecule has 1 N–H and O–H groups in total. The van der Waals surface area contributed by atoms with Gasteiger partial charge >= 0.3 is 6.09 Å². The fraction of sp³-hybridized carbons (Fsp3) is 0.733. The van der Waals surface area contributed by atoms with Crippen LogP contribution in [-0.4, -0.2) is 21.2 Å². The molecule has 20 heavy (non-hydrogen) atoms. The average molecular weight is 279 g/mol. The highest BCUT2D eigenvalue weighted by Crippen LogP contribution is 2.28. The predicted molar refractivity (Wildman–Crippen MR) is 77.4 cm³/mol. The fourth-order valence-electron chi connectivity index (χ4n) is 2.36. The largest absolute Gasteiger partial charge is 0.444 e. The molecule has 2 rings (SSSR count). The molecule has 0 spiro atoms. The van der Waals surface area contributed by atoms with Gasteiger partial charge in [-0.05, 0) is 46.5 Å². The number of hydrogen-bond acceptors (Lipinski definition) is 3. The van der Waals surface area contributed by atoms with Gasteiger partial charge in [0.05, 0.1) is 24.3 Å². The van der Waals surface area contributed by atoms with E-state index in [0.717, 1.165) is 18.2 Å². The molecule has 0 aromatic carbocycles. The molecule has 0 saturated heterocycles. The van der Waals surface area contributed by atoms with Crippen LogP contribution in [0.4, 0.5) is 4.79 Å². The number of nitrogens with one attached hydrogen (secondary N) is 1. The van der Waals surface area contributed by atoms with Crippen molar-refractivity contribution in [3.05, 3.63) is 18.2 Å². The summed E-state index contributed by atoms with van der Waals surface area (Å²) in [6.45, 7) is 8.53. The molecule has 0 bridgehead atoms. The van der Waals surface area contributed by atoms with E-state index in [1.54, 1.807) is 0 Å². The minimum absolute atomic E-state index is 0.104. The quantitative estimate of drug-likeness (QED) is 0.920. The Bertz CT molecular complexity index is 458. The third kappa shape index (κ3) is 3.99. The van der Waals surface area contributed by atoms with Crippen LogP contribution in [0.3, 0.4) is 0 Å². The number of aromatic nitrogens is 2. The molecule has 1 atom stereocenters. The monoisotopic (exact) mass is 279 g/mol. The molecule has 5 heteroatoms. The summed E-state index contributed by atoms with van der Waals surface area (Å²) in [7, 11) is 0. The summed E-state index contributed by atoms with van der Waals surface area (Å²) in [5.41, 5.74) is 0.554. The molecule has 112 valence electrons. The lowest BCUT2D eigenvalue weighted by molar-refractivity contribution is 0.0506. The molecule has 1 aliphatic rings. The van der Waals surface area contributed by atoms with Crippen molar-refractivity contribution in [2.75, 3.05) is 0 Å². The van der Waals surface area contributed by atoms with Crippen molar-refractivity contribution in [2.45, 2.75) is 65.1 Å². The molecule has 0 radical (unpaired) electrons. The number of carbonyl (C=O) groups excluding carboxylic acids is 1. The van der Waals surface area contributed by atoms with E-state index in [4.69, 9.17) is 4.74 Å². The van der Waals surface area contributed by atoms with E-state index in [9.17, 15) is 4.79 Å². The van der Waals surface area contributed by atoms with Crippen LogP contribution < -0.4 is 5.32 Å². The van der Waals surface area contributed by atoms with Gasteiger partial charge in [-0.1, -0.05) is 6.42 Å². The third-order valence-electron chi connectivity index (χ3n) is 3.60. The van der Waals surface area contributed by atoms with Gasteiger partial charge in [-0.2, -0.15) is 0 Å². The van der Waals surface area contributed by atoms with Crippen LogP contribution in [-0.2, 0) is 11.3 Å². The highest BCUT2D eigenvalue weighted by Gasteiger charge is 2.22. The van der Waals surface area contributed by atoms with Crippen LogP contribution in [0.5, 0.6) is 0 Å². The Morgan fingerprint density at radius 3 is 2.80 bits per heavy atom. The average Bonchev–Trinajstić information content (AvgIpc) is 2.68. The molecule has 1 aromatic rings. The standard InChI is InChI=1S/C15H25N3O2/c1-11(17-14(19)20-15(2,3)4)13-8-16-10-18(13)9-12-6-5-7-12/h8,10-12H,5-7,9H2,1-4H3,(H,17,19)/t11-/m0/s1. The number of hydrogen-bond donors (Lipinski definition) is 1. The maximum absolute atomic E-state index is 11.8. The Hall–Kier alpha value is -1.52. The first kappa shape index (κ1) is 14.9. The SMILES string of the molecule is C[C@H](NC(=O)OC(C)(C)C)c1cncn1CC1CCC1. The maximum atomic E-state index is 11.8. The molecule has 1 fully saturated rings. The molecular formula is C15H25N3O2. The van der Waals surface area contributed by atoms with E-state index in [2.05, 4.69) is 14.9 Å². The van der Waals surface area contributed by atoms with Crippen molar-refractivity contribution in [1.29, 1.82) is 0 Å². The summed E-state index contributed by atoms with van der Waals surface area (Å²) in [5, 5.41) is 2.87. The number of amides is 1. The lowest BCUT2D eigenvalue weighted by atomic mass is 9.85. The van der Waals surface area contributed by atoms with Gasteiger partial charge in [-0.3, -0.25) is 0 Å². The lowest BCUT2D eigenvalue weighted by Crippen LogP contribution is -2.34. The number of nitrogens with zero attached hydrogens (tertiary/aromatic N) is 2. The molecule has 1 heterocycles. The summed E-state index contributed by atoms with van der Waals surface area (Å²) in [4.78, 5) is 16.0. The first-order valence-electron chi connectivity index (χ1n) is 7.34. The van der Waals surface area contributed by atoms with Crippen molar-refractivity contribution in [1.82, 2.24) is 14.9 Å². The van der Waals surface area contributed by atoms with Gasteiger partial charge in [0.25, 0.3) is 0 Å². The third-order valence-corrected chi connectivity index (χ3v) is 3.60. The molecule has 1 aromatic heterocycles. The normalized spacial score (nSPS) is 17.4. The molecular weight excluding hydrogens is 254 g/mol. The second kappa shape index (κ2) is 5.85. The molecule has 1 aliphatic carbocycles. The summed E-state index contributed by atoms with van der Waals surface area (Å²) >= 11 is 0. The fourth-order valence-corrected chi connectivity index (χ4v) is 2.36. The van der Waals surface area contributed by atoms with Gasteiger partial charge in [-0.15, -0.1) is 0 Å².